The van der Waals surface area contributed by atoms with Crippen molar-refractivity contribution in [3.05, 3.63) is 29.8 Å². The third kappa shape index (κ3) is 2.31. The van der Waals surface area contributed by atoms with E-state index in [1.807, 2.05) is 31.2 Å². The molecule has 0 aliphatic heterocycles. The van der Waals surface area contributed by atoms with E-state index in [9.17, 15) is 0 Å². The van der Waals surface area contributed by atoms with Gasteiger partial charge in [0, 0.05) is 11.9 Å². The van der Waals surface area contributed by atoms with Crippen LogP contribution in [0.15, 0.2) is 29.3 Å². The number of nitrogens with zero attached hydrogens (tertiary/aromatic N) is 1. The molecule has 0 aliphatic carbocycles. The second-order valence-corrected chi connectivity index (χ2v) is 2.73. The Morgan fingerprint density at radius 3 is 2.67 bits per heavy atom. The summed E-state index contributed by atoms with van der Waals surface area (Å²) in [5.41, 5.74) is 2.54. The van der Waals surface area contributed by atoms with Crippen LogP contribution in [0.1, 0.15) is 12.5 Å². The van der Waals surface area contributed by atoms with E-state index in [0.717, 1.165) is 11.3 Å². The first-order valence-corrected chi connectivity index (χ1v) is 3.85. The third-order valence-corrected chi connectivity index (χ3v) is 1.51. The first-order valence-electron chi connectivity index (χ1n) is 3.85. The summed E-state index contributed by atoms with van der Waals surface area (Å²) in [7, 11) is 0. The Kier molecular flexibility index (Phi) is 2.75. The summed E-state index contributed by atoms with van der Waals surface area (Å²) in [5, 5.41) is 7.16. The Balaban J connectivity index is 2.89. The van der Waals surface area contributed by atoms with E-state index >= 15 is 0 Å². The number of rotatable bonds is 2. The van der Waals surface area contributed by atoms with Crippen LogP contribution < -0.4 is 0 Å². The monoisotopic (exact) mass is 160 g/mol. The maximum absolute atomic E-state index is 7.16. The standard InChI is InChI=1S/C10H12N2/c1-8-5-3-4-6-10(8)12-7-9(2)11/h3-7,11H,1-2H3. The molecule has 0 atom stereocenters. The van der Waals surface area contributed by atoms with Gasteiger partial charge in [-0.1, -0.05) is 18.2 Å². The van der Waals surface area contributed by atoms with Gasteiger partial charge in [-0.3, -0.25) is 4.99 Å². The smallest absolute Gasteiger partial charge is 0.0659 e. The van der Waals surface area contributed by atoms with Crippen molar-refractivity contribution in [1.82, 2.24) is 0 Å². The lowest BCUT2D eigenvalue weighted by Gasteiger charge is -1.96. The van der Waals surface area contributed by atoms with E-state index in [0.29, 0.717) is 5.71 Å². The summed E-state index contributed by atoms with van der Waals surface area (Å²) in [5.74, 6) is 0. The van der Waals surface area contributed by atoms with Crippen LogP contribution in [0.4, 0.5) is 5.69 Å². The highest BCUT2D eigenvalue weighted by Crippen LogP contribution is 2.15. The highest BCUT2D eigenvalue weighted by Gasteiger charge is 1.90. The van der Waals surface area contributed by atoms with Gasteiger partial charge in [-0.05, 0) is 25.5 Å². The van der Waals surface area contributed by atoms with Gasteiger partial charge in [-0.25, -0.2) is 0 Å². The van der Waals surface area contributed by atoms with Crippen molar-refractivity contribution in [2.75, 3.05) is 0 Å². The molecule has 2 nitrogen and oxygen atoms in total. The molecule has 0 amide bonds. The van der Waals surface area contributed by atoms with Crippen molar-refractivity contribution in [3.63, 3.8) is 0 Å². The van der Waals surface area contributed by atoms with Gasteiger partial charge in [0.05, 0.1) is 5.69 Å². The number of aryl methyl sites for hydroxylation is 1. The molecule has 0 bridgehead atoms. The molecule has 0 aromatic heterocycles. The van der Waals surface area contributed by atoms with Gasteiger partial charge in [0.15, 0.2) is 0 Å². The molecule has 1 aromatic carbocycles. The molecule has 0 aliphatic rings. The summed E-state index contributed by atoms with van der Waals surface area (Å²) in [6.07, 6.45) is 1.56. The fraction of sp³-hybridized carbons (Fsp3) is 0.200. The molecular weight excluding hydrogens is 148 g/mol. The van der Waals surface area contributed by atoms with Gasteiger partial charge < -0.3 is 5.41 Å². The average Bonchev–Trinajstić information content (AvgIpc) is 2.03. The molecule has 0 unspecified atom stereocenters. The SMILES string of the molecule is CC(=N)C=Nc1ccccc1C. The Labute approximate surface area is 72.5 Å². The Hall–Kier alpha value is -1.44. The second kappa shape index (κ2) is 3.81. The summed E-state index contributed by atoms with van der Waals surface area (Å²) in [4.78, 5) is 4.16. The van der Waals surface area contributed by atoms with Crippen molar-refractivity contribution in [2.24, 2.45) is 4.99 Å². The number of nitrogens with one attached hydrogen (secondary N) is 1. The van der Waals surface area contributed by atoms with Crippen molar-refractivity contribution < 1.29 is 0 Å². The lowest BCUT2D eigenvalue weighted by molar-refractivity contribution is 1.40. The van der Waals surface area contributed by atoms with E-state index in [1.165, 1.54) is 0 Å². The van der Waals surface area contributed by atoms with Crippen LogP contribution in [0.2, 0.25) is 0 Å². The fourth-order valence-corrected chi connectivity index (χ4v) is 0.875. The molecule has 1 rings (SSSR count). The first kappa shape index (κ1) is 8.65. The molecule has 1 aromatic rings. The van der Waals surface area contributed by atoms with E-state index in [4.69, 9.17) is 5.41 Å². The van der Waals surface area contributed by atoms with E-state index < -0.39 is 0 Å². The van der Waals surface area contributed by atoms with Crippen molar-refractivity contribution in [2.45, 2.75) is 13.8 Å². The van der Waals surface area contributed by atoms with Gasteiger partial charge in [-0.15, -0.1) is 0 Å². The Morgan fingerprint density at radius 2 is 2.08 bits per heavy atom. The van der Waals surface area contributed by atoms with Crippen LogP contribution in [0, 0.1) is 12.3 Å². The normalized spacial score (nSPS) is 10.5. The topological polar surface area (TPSA) is 36.2 Å². The summed E-state index contributed by atoms with van der Waals surface area (Å²) >= 11 is 0. The number of aliphatic imine (C=N–C) groups is 1. The molecular formula is C10H12N2. The van der Waals surface area contributed by atoms with Crippen molar-refractivity contribution >= 4 is 17.6 Å². The first-order chi connectivity index (χ1) is 5.70. The Bertz CT molecular complexity index is 313. The van der Waals surface area contributed by atoms with E-state index in [1.54, 1.807) is 13.1 Å². The van der Waals surface area contributed by atoms with Crippen LogP contribution in [-0.2, 0) is 0 Å². The van der Waals surface area contributed by atoms with Crippen molar-refractivity contribution in [1.29, 1.82) is 5.41 Å². The molecule has 0 saturated carbocycles. The van der Waals surface area contributed by atoms with Gasteiger partial charge >= 0.3 is 0 Å². The van der Waals surface area contributed by atoms with E-state index in [-0.39, 0.29) is 0 Å². The molecule has 0 heterocycles. The predicted octanol–water partition coefficient (Wildman–Crippen LogP) is 2.74. The van der Waals surface area contributed by atoms with Gasteiger partial charge in [0.25, 0.3) is 0 Å². The minimum Gasteiger partial charge on any atom is -0.304 e. The molecule has 2 heteroatoms. The molecule has 1 N–H and O–H groups in total. The van der Waals surface area contributed by atoms with Crippen LogP contribution in [-0.4, -0.2) is 11.9 Å². The zero-order valence-electron chi connectivity index (χ0n) is 7.33. The van der Waals surface area contributed by atoms with Crippen LogP contribution >= 0.6 is 0 Å². The number of benzene rings is 1. The van der Waals surface area contributed by atoms with Gasteiger partial charge in [0.1, 0.15) is 0 Å². The third-order valence-electron chi connectivity index (χ3n) is 1.51. The quantitative estimate of drug-likeness (QED) is 0.646. The van der Waals surface area contributed by atoms with E-state index in [2.05, 4.69) is 4.99 Å². The largest absolute Gasteiger partial charge is 0.304 e. The summed E-state index contributed by atoms with van der Waals surface area (Å²) in [6, 6.07) is 7.87. The second-order valence-electron chi connectivity index (χ2n) is 2.73. The maximum Gasteiger partial charge on any atom is 0.0659 e. The maximum atomic E-state index is 7.16. The predicted molar refractivity (Wildman–Crippen MR) is 52.7 cm³/mol. The summed E-state index contributed by atoms with van der Waals surface area (Å²) in [6.45, 7) is 3.72. The zero-order chi connectivity index (χ0) is 8.97. The Morgan fingerprint density at radius 1 is 1.42 bits per heavy atom. The summed E-state index contributed by atoms with van der Waals surface area (Å²) < 4.78 is 0. The number of hydrogen-bond donors (Lipinski definition) is 1. The molecule has 62 valence electrons. The van der Waals surface area contributed by atoms with Crippen molar-refractivity contribution in [3.8, 4) is 0 Å². The highest BCUT2D eigenvalue weighted by atomic mass is 14.7. The lowest BCUT2D eigenvalue weighted by Crippen LogP contribution is -1.87. The van der Waals surface area contributed by atoms with Gasteiger partial charge in [0.2, 0.25) is 0 Å². The highest BCUT2D eigenvalue weighted by molar-refractivity contribution is 6.28. The van der Waals surface area contributed by atoms with Crippen LogP contribution in [0.25, 0.3) is 0 Å². The average molecular weight is 160 g/mol. The molecule has 0 fully saturated rings. The zero-order valence-corrected chi connectivity index (χ0v) is 7.33. The molecule has 0 spiro atoms. The van der Waals surface area contributed by atoms with Crippen LogP contribution in [0.3, 0.4) is 0 Å². The van der Waals surface area contributed by atoms with Crippen LogP contribution in [0.5, 0.6) is 0 Å². The minimum absolute atomic E-state index is 0.471. The fourth-order valence-electron chi connectivity index (χ4n) is 0.875. The molecule has 12 heavy (non-hydrogen) atoms. The number of hydrogen-bond acceptors (Lipinski definition) is 2. The minimum atomic E-state index is 0.471. The van der Waals surface area contributed by atoms with Gasteiger partial charge in [-0.2, -0.15) is 0 Å². The molecule has 0 radical (unpaired) electrons. The molecule has 0 saturated heterocycles. The lowest BCUT2D eigenvalue weighted by atomic mass is 10.2. The number of para-hydroxylation sites is 1.